The Balaban J connectivity index is 1.01. The summed E-state index contributed by atoms with van der Waals surface area (Å²) >= 11 is 8.42. The molecule has 9 heteroatoms. The van der Waals surface area contributed by atoms with Crippen molar-refractivity contribution in [2.24, 2.45) is 0 Å². The molecule has 4 aromatic heterocycles. The van der Waals surface area contributed by atoms with Crippen LogP contribution in [0.5, 0.6) is 0 Å². The second-order valence-electron chi connectivity index (χ2n) is 10.2. The molecule has 0 aliphatic rings. The molecule has 0 aliphatic carbocycles. The molecule has 4 nitrogen and oxygen atoms in total. The van der Waals surface area contributed by atoms with Gasteiger partial charge in [-0.05, 0) is 73.2 Å². The van der Waals surface area contributed by atoms with Gasteiger partial charge in [0.2, 0.25) is 0 Å². The van der Waals surface area contributed by atoms with Crippen LogP contribution in [0.4, 0.5) is 0 Å². The first-order valence-corrected chi connectivity index (χ1v) is 17.7. The van der Waals surface area contributed by atoms with Crippen LogP contribution in [0.15, 0.2) is 81.5 Å². The van der Waals surface area contributed by atoms with E-state index in [1.165, 1.54) is 22.3 Å². The monoisotopic (exact) mass is 646 g/mol. The second-order valence-corrected chi connectivity index (χ2v) is 15.9. The van der Waals surface area contributed by atoms with Crippen LogP contribution in [0.3, 0.4) is 0 Å². The highest BCUT2D eigenvalue weighted by Gasteiger charge is 2.14. The van der Waals surface area contributed by atoms with Crippen LogP contribution in [0.25, 0.3) is 65.2 Å². The molecule has 0 amide bonds. The smallest absolute Gasteiger partial charge is 0.158 e. The molecule has 0 fully saturated rings. The van der Waals surface area contributed by atoms with Crippen molar-refractivity contribution in [2.45, 2.75) is 22.5 Å². The third-order valence-corrected chi connectivity index (χ3v) is 12.1. The Kier molecular flexibility index (Phi) is 6.92. The number of benzene rings is 4. The molecule has 0 bridgehead atoms. The molecule has 0 aliphatic heterocycles. The average Bonchev–Trinajstić information content (AvgIpc) is 3.77. The molecule has 0 N–H and O–H groups in total. The Hall–Kier alpha value is -3.73. The van der Waals surface area contributed by atoms with Gasteiger partial charge in [0.05, 0.1) is 40.9 Å². The van der Waals surface area contributed by atoms with E-state index >= 15 is 0 Å². The van der Waals surface area contributed by atoms with E-state index in [4.69, 9.17) is 19.9 Å². The van der Waals surface area contributed by atoms with E-state index in [0.29, 0.717) is 0 Å². The first-order valence-electron chi connectivity index (χ1n) is 13.6. The predicted molar refractivity (Wildman–Crippen MR) is 190 cm³/mol. The number of aromatic nitrogens is 4. The molecule has 0 spiro atoms. The largest absolute Gasteiger partial charge is 0.237 e. The number of hydrogen-bond acceptors (Lipinski definition) is 9. The number of rotatable bonds is 6. The minimum absolute atomic E-state index is 0.995. The highest BCUT2D eigenvalue weighted by molar-refractivity contribution is 8.02. The highest BCUT2D eigenvalue weighted by Crippen LogP contribution is 2.41. The van der Waals surface area contributed by atoms with Gasteiger partial charge in [0, 0.05) is 0 Å². The normalized spacial score (nSPS) is 12.3. The zero-order valence-electron chi connectivity index (χ0n) is 23.1. The lowest BCUT2D eigenvalue weighted by atomic mass is 10.1. The van der Waals surface area contributed by atoms with E-state index in [9.17, 15) is 0 Å². The Labute approximate surface area is 268 Å². The molecule has 0 radical (unpaired) electrons. The zero-order chi connectivity index (χ0) is 28.9. The highest BCUT2D eigenvalue weighted by atomic mass is 32.2. The van der Waals surface area contributed by atoms with Crippen molar-refractivity contribution >= 4 is 122 Å². The number of fused-ring (bicyclic) bond motifs is 4. The summed E-state index contributed by atoms with van der Waals surface area (Å²) in [6.07, 6.45) is 8.42. The third-order valence-electron chi connectivity index (χ3n) is 6.96. The van der Waals surface area contributed by atoms with Crippen molar-refractivity contribution in [1.29, 1.82) is 0 Å². The summed E-state index contributed by atoms with van der Waals surface area (Å²) in [6, 6.07) is 25.7. The lowest BCUT2D eigenvalue weighted by Crippen LogP contribution is -1.74. The topological polar surface area (TPSA) is 51.6 Å². The molecule has 8 rings (SSSR count). The van der Waals surface area contributed by atoms with Crippen LogP contribution >= 0.6 is 57.1 Å². The van der Waals surface area contributed by atoms with Crippen LogP contribution < -0.4 is 0 Å². The summed E-state index contributed by atoms with van der Waals surface area (Å²) in [6.45, 7) is 4.20. The van der Waals surface area contributed by atoms with Crippen LogP contribution in [0.2, 0.25) is 0 Å². The van der Waals surface area contributed by atoms with Crippen molar-refractivity contribution in [3.05, 3.63) is 105 Å². The lowest BCUT2D eigenvalue weighted by Gasteiger charge is -1.93. The van der Waals surface area contributed by atoms with Gasteiger partial charge in [0.25, 0.3) is 0 Å². The van der Waals surface area contributed by atoms with E-state index < -0.39 is 0 Å². The SMILES string of the molecule is Cc1ccc(/C=C/c2nc3cc4sc(Sc5nc6cc7sc(/C=C/c8ccc(C)cc8)nc7cc6s5)nc4cc3s2)cc1. The van der Waals surface area contributed by atoms with Gasteiger partial charge in [0.15, 0.2) is 8.68 Å². The molecule has 43 heavy (non-hydrogen) atoms. The molecule has 0 saturated carbocycles. The van der Waals surface area contributed by atoms with Gasteiger partial charge in [-0.15, -0.1) is 45.3 Å². The third kappa shape index (κ3) is 5.67. The number of hydrogen-bond donors (Lipinski definition) is 0. The van der Waals surface area contributed by atoms with Gasteiger partial charge >= 0.3 is 0 Å². The molecular formula is C34H22N4S5. The van der Waals surface area contributed by atoms with Crippen LogP contribution in [0.1, 0.15) is 32.3 Å². The maximum atomic E-state index is 4.94. The summed E-state index contributed by atoms with van der Waals surface area (Å²) in [5.41, 5.74) is 8.93. The first kappa shape index (κ1) is 26.9. The standard InChI is InChI=1S/C34H22N4S5/c1-19-3-7-21(8-4-19)11-13-31-35-23-15-29-25(17-27(23)39-31)37-33(41-29)43-34-38-26-18-28-24(16-30(26)42-34)36-32(40-28)14-12-22-9-5-20(2)6-10-22/h3-18H,1-2H3/b13-11+,14-12+. The Morgan fingerprint density at radius 2 is 0.837 bits per heavy atom. The van der Waals surface area contributed by atoms with Crippen LogP contribution in [-0.4, -0.2) is 19.9 Å². The molecular weight excluding hydrogens is 625 g/mol. The maximum Gasteiger partial charge on any atom is 0.158 e. The summed E-state index contributed by atoms with van der Waals surface area (Å²) in [7, 11) is 0. The molecule has 208 valence electrons. The van der Waals surface area contributed by atoms with Gasteiger partial charge in [-0.2, -0.15) is 0 Å². The van der Waals surface area contributed by atoms with Gasteiger partial charge in [-0.1, -0.05) is 71.8 Å². The molecule has 4 aromatic carbocycles. The number of nitrogens with zero attached hydrogens (tertiary/aromatic N) is 4. The fourth-order valence-electron chi connectivity index (χ4n) is 4.69. The second kappa shape index (κ2) is 11.1. The summed E-state index contributed by atoms with van der Waals surface area (Å²) in [4.78, 5) is 19.6. The predicted octanol–water partition coefficient (Wildman–Crippen LogP) is 11.2. The Morgan fingerprint density at radius 3 is 1.26 bits per heavy atom. The van der Waals surface area contributed by atoms with Gasteiger partial charge in [-0.3, -0.25) is 0 Å². The molecule has 0 saturated heterocycles. The van der Waals surface area contributed by atoms with Gasteiger partial charge in [0.1, 0.15) is 10.0 Å². The minimum atomic E-state index is 0.995. The average molecular weight is 647 g/mol. The Morgan fingerprint density at radius 1 is 0.465 bits per heavy atom. The molecule has 0 unspecified atom stereocenters. The van der Waals surface area contributed by atoms with E-state index in [2.05, 4.69) is 111 Å². The van der Waals surface area contributed by atoms with E-state index in [1.54, 1.807) is 57.1 Å². The van der Waals surface area contributed by atoms with E-state index in [-0.39, 0.29) is 0 Å². The molecule has 0 atom stereocenters. The first-order chi connectivity index (χ1) is 21.0. The van der Waals surface area contributed by atoms with Crippen molar-refractivity contribution in [3.8, 4) is 0 Å². The minimum Gasteiger partial charge on any atom is -0.237 e. The fourth-order valence-corrected chi connectivity index (χ4v) is 9.82. The van der Waals surface area contributed by atoms with Gasteiger partial charge < -0.3 is 0 Å². The van der Waals surface area contributed by atoms with Crippen molar-refractivity contribution in [2.75, 3.05) is 0 Å². The van der Waals surface area contributed by atoms with E-state index in [0.717, 1.165) is 59.6 Å². The number of thiazole rings is 4. The zero-order valence-corrected chi connectivity index (χ0v) is 27.2. The van der Waals surface area contributed by atoms with Crippen molar-refractivity contribution in [3.63, 3.8) is 0 Å². The summed E-state index contributed by atoms with van der Waals surface area (Å²) in [5, 5.41) is 2.00. The lowest BCUT2D eigenvalue weighted by molar-refractivity contribution is 1.26. The Bertz CT molecular complexity index is 2070. The van der Waals surface area contributed by atoms with E-state index in [1.807, 2.05) is 0 Å². The molecule has 8 aromatic rings. The molecule has 4 heterocycles. The van der Waals surface area contributed by atoms with Gasteiger partial charge in [-0.25, -0.2) is 19.9 Å². The maximum absolute atomic E-state index is 4.94. The number of aryl methyl sites for hydroxylation is 2. The van der Waals surface area contributed by atoms with Crippen molar-refractivity contribution in [1.82, 2.24) is 19.9 Å². The quantitative estimate of drug-likeness (QED) is 0.180. The van der Waals surface area contributed by atoms with Crippen LogP contribution in [0, 0.1) is 13.8 Å². The fraction of sp³-hybridized carbons (Fsp3) is 0.0588. The van der Waals surface area contributed by atoms with Crippen LogP contribution in [-0.2, 0) is 0 Å². The summed E-state index contributed by atoms with van der Waals surface area (Å²) in [5.74, 6) is 0. The summed E-state index contributed by atoms with van der Waals surface area (Å²) < 4.78 is 6.58. The van der Waals surface area contributed by atoms with Crippen molar-refractivity contribution < 1.29 is 0 Å².